The van der Waals surface area contributed by atoms with Crippen LogP contribution in [-0.4, -0.2) is 40.5 Å². The topological polar surface area (TPSA) is 87.0 Å². The fourth-order valence-corrected chi connectivity index (χ4v) is 2.87. The number of hydrogen-bond donors (Lipinski definition) is 0. The van der Waals surface area contributed by atoms with Gasteiger partial charge in [-0.1, -0.05) is 13.0 Å². The average Bonchev–Trinajstić information content (AvgIpc) is 2.84. The Morgan fingerprint density at radius 3 is 2.18 bits per heavy atom. The van der Waals surface area contributed by atoms with E-state index in [1.807, 2.05) is 26.8 Å². The second kappa shape index (κ2) is 11.8. The van der Waals surface area contributed by atoms with Crippen LogP contribution in [0.25, 0.3) is 11.6 Å². The standard InChI is InChI=1S/C26H31NO6/c1-7-26(2,3)25(28)33-13-12-32-22-10-8-18(15-23(22)30-5)14-20(17-27)19-9-11-21(29-4)24(16-19)31-6/h8-11,14-16H,7,12-13H2,1-6H3/b20-14+. The van der Waals surface area contributed by atoms with E-state index < -0.39 is 5.41 Å². The van der Waals surface area contributed by atoms with Crippen molar-refractivity contribution in [1.29, 1.82) is 5.26 Å². The Morgan fingerprint density at radius 2 is 1.58 bits per heavy atom. The predicted molar refractivity (Wildman–Crippen MR) is 127 cm³/mol. The van der Waals surface area contributed by atoms with Gasteiger partial charge in [-0.2, -0.15) is 5.26 Å². The van der Waals surface area contributed by atoms with Crippen LogP contribution in [0, 0.1) is 16.7 Å². The maximum Gasteiger partial charge on any atom is 0.311 e. The Labute approximate surface area is 195 Å². The molecule has 0 aromatic heterocycles. The van der Waals surface area contributed by atoms with E-state index in [0.29, 0.717) is 40.6 Å². The first-order valence-electron chi connectivity index (χ1n) is 10.6. The molecule has 0 aliphatic carbocycles. The molecule has 0 radical (unpaired) electrons. The van der Waals surface area contributed by atoms with Crippen molar-refractivity contribution in [3.63, 3.8) is 0 Å². The molecule has 0 bridgehead atoms. The molecule has 0 atom stereocenters. The summed E-state index contributed by atoms with van der Waals surface area (Å²) in [4.78, 5) is 12.0. The van der Waals surface area contributed by atoms with Crippen LogP contribution in [0.5, 0.6) is 23.0 Å². The van der Waals surface area contributed by atoms with Crippen LogP contribution in [-0.2, 0) is 9.53 Å². The molecule has 0 N–H and O–H groups in total. The number of ether oxygens (including phenoxy) is 5. The largest absolute Gasteiger partial charge is 0.493 e. The van der Waals surface area contributed by atoms with Gasteiger partial charge in [-0.3, -0.25) is 4.79 Å². The summed E-state index contributed by atoms with van der Waals surface area (Å²) >= 11 is 0. The van der Waals surface area contributed by atoms with Gasteiger partial charge in [0, 0.05) is 0 Å². The van der Waals surface area contributed by atoms with Crippen molar-refractivity contribution in [3.05, 3.63) is 47.5 Å². The Bertz CT molecular complexity index is 1040. The maximum atomic E-state index is 12.0. The fourth-order valence-electron chi connectivity index (χ4n) is 2.87. The van der Waals surface area contributed by atoms with Gasteiger partial charge < -0.3 is 23.7 Å². The Hall–Kier alpha value is -3.66. The van der Waals surface area contributed by atoms with Gasteiger partial charge in [-0.15, -0.1) is 0 Å². The monoisotopic (exact) mass is 453 g/mol. The molecule has 0 fully saturated rings. The predicted octanol–water partition coefficient (Wildman–Crippen LogP) is 5.13. The lowest BCUT2D eigenvalue weighted by molar-refractivity contribution is -0.154. The first kappa shape index (κ1) is 25.6. The van der Waals surface area contributed by atoms with Crippen LogP contribution in [0.15, 0.2) is 36.4 Å². The van der Waals surface area contributed by atoms with E-state index >= 15 is 0 Å². The lowest BCUT2D eigenvalue weighted by atomic mass is 9.91. The summed E-state index contributed by atoms with van der Waals surface area (Å²) < 4.78 is 27.1. The lowest BCUT2D eigenvalue weighted by Gasteiger charge is -2.20. The van der Waals surface area contributed by atoms with Crippen molar-refractivity contribution < 1.29 is 28.5 Å². The third kappa shape index (κ3) is 6.66. The van der Waals surface area contributed by atoms with Crippen LogP contribution in [0.2, 0.25) is 0 Å². The Kier molecular flexibility index (Phi) is 9.17. The molecular weight excluding hydrogens is 422 g/mol. The molecule has 0 amide bonds. The Balaban J connectivity index is 2.14. The van der Waals surface area contributed by atoms with E-state index in [1.165, 1.54) is 0 Å². The van der Waals surface area contributed by atoms with Gasteiger partial charge in [0.2, 0.25) is 0 Å². The number of allylic oxidation sites excluding steroid dienone is 1. The minimum Gasteiger partial charge on any atom is -0.493 e. The molecule has 0 saturated carbocycles. The molecule has 0 aliphatic rings. The molecule has 2 rings (SSSR count). The molecule has 176 valence electrons. The van der Waals surface area contributed by atoms with Crippen molar-refractivity contribution in [1.82, 2.24) is 0 Å². The van der Waals surface area contributed by atoms with Crippen molar-refractivity contribution in [2.24, 2.45) is 5.41 Å². The number of nitrogens with zero attached hydrogens (tertiary/aromatic N) is 1. The third-order valence-corrected chi connectivity index (χ3v) is 5.32. The maximum absolute atomic E-state index is 12.0. The molecule has 0 heterocycles. The van der Waals surface area contributed by atoms with Crippen LogP contribution in [0.4, 0.5) is 0 Å². The molecule has 0 spiro atoms. The van der Waals surface area contributed by atoms with Crippen molar-refractivity contribution in [2.45, 2.75) is 27.2 Å². The third-order valence-electron chi connectivity index (χ3n) is 5.32. The highest BCUT2D eigenvalue weighted by molar-refractivity contribution is 5.90. The Morgan fingerprint density at radius 1 is 0.939 bits per heavy atom. The van der Waals surface area contributed by atoms with Crippen LogP contribution < -0.4 is 18.9 Å². The summed E-state index contributed by atoms with van der Waals surface area (Å²) in [5.41, 5.74) is 1.41. The lowest BCUT2D eigenvalue weighted by Crippen LogP contribution is -2.27. The SMILES string of the molecule is CCC(C)(C)C(=O)OCCOc1ccc(/C=C(\C#N)c2ccc(OC)c(OC)c2)cc1OC. The molecule has 0 saturated heterocycles. The number of methoxy groups -OCH3 is 3. The number of esters is 1. The normalized spacial score (nSPS) is 11.4. The van der Waals surface area contributed by atoms with Gasteiger partial charge >= 0.3 is 5.97 Å². The summed E-state index contributed by atoms with van der Waals surface area (Å²) in [5.74, 6) is 1.91. The fraction of sp³-hybridized carbons (Fsp3) is 0.385. The van der Waals surface area contributed by atoms with E-state index in [9.17, 15) is 10.1 Å². The quantitative estimate of drug-likeness (QED) is 0.202. The van der Waals surface area contributed by atoms with E-state index in [0.717, 1.165) is 5.56 Å². The zero-order chi connectivity index (χ0) is 24.4. The van der Waals surface area contributed by atoms with Gasteiger partial charge in [0.15, 0.2) is 23.0 Å². The summed E-state index contributed by atoms with van der Waals surface area (Å²) in [6, 6.07) is 12.9. The van der Waals surface area contributed by atoms with E-state index in [-0.39, 0.29) is 19.2 Å². The van der Waals surface area contributed by atoms with Crippen molar-refractivity contribution >= 4 is 17.6 Å². The van der Waals surface area contributed by atoms with Crippen LogP contribution >= 0.6 is 0 Å². The molecule has 7 heteroatoms. The summed E-state index contributed by atoms with van der Waals surface area (Å²) in [6.07, 6.45) is 2.45. The summed E-state index contributed by atoms with van der Waals surface area (Å²) in [5, 5.41) is 9.69. The first-order chi connectivity index (χ1) is 15.8. The van der Waals surface area contributed by atoms with Gasteiger partial charge in [-0.05, 0) is 67.8 Å². The number of carbonyl (C=O) groups is 1. The number of rotatable bonds is 11. The second-order valence-corrected chi connectivity index (χ2v) is 7.87. The first-order valence-corrected chi connectivity index (χ1v) is 10.6. The highest BCUT2D eigenvalue weighted by Crippen LogP contribution is 2.33. The second-order valence-electron chi connectivity index (χ2n) is 7.87. The summed E-state index contributed by atoms with van der Waals surface area (Å²) in [6.45, 7) is 5.99. The molecule has 0 unspecified atom stereocenters. The van der Waals surface area contributed by atoms with Gasteiger partial charge in [0.05, 0.1) is 38.4 Å². The van der Waals surface area contributed by atoms with E-state index in [2.05, 4.69) is 6.07 Å². The molecule has 33 heavy (non-hydrogen) atoms. The highest BCUT2D eigenvalue weighted by atomic mass is 16.6. The van der Waals surface area contributed by atoms with Gasteiger partial charge in [0.1, 0.15) is 13.2 Å². The molecule has 0 aliphatic heterocycles. The minimum atomic E-state index is -0.516. The zero-order valence-corrected chi connectivity index (χ0v) is 20.1. The van der Waals surface area contributed by atoms with Crippen molar-refractivity contribution in [2.75, 3.05) is 34.5 Å². The minimum absolute atomic E-state index is 0.144. The van der Waals surface area contributed by atoms with Crippen LogP contribution in [0.3, 0.4) is 0 Å². The highest BCUT2D eigenvalue weighted by Gasteiger charge is 2.26. The van der Waals surface area contributed by atoms with E-state index in [4.69, 9.17) is 23.7 Å². The zero-order valence-electron chi connectivity index (χ0n) is 20.1. The molecule has 2 aromatic carbocycles. The van der Waals surface area contributed by atoms with Gasteiger partial charge in [-0.25, -0.2) is 0 Å². The number of benzene rings is 2. The van der Waals surface area contributed by atoms with Crippen LogP contribution in [0.1, 0.15) is 38.3 Å². The van der Waals surface area contributed by atoms with Crippen molar-refractivity contribution in [3.8, 4) is 29.1 Å². The molecule has 2 aromatic rings. The summed E-state index contributed by atoms with van der Waals surface area (Å²) in [7, 11) is 4.65. The molecule has 7 nitrogen and oxygen atoms in total. The number of nitriles is 1. The van der Waals surface area contributed by atoms with Gasteiger partial charge in [0.25, 0.3) is 0 Å². The van der Waals surface area contributed by atoms with E-state index in [1.54, 1.807) is 57.7 Å². The number of carbonyl (C=O) groups excluding carboxylic acids is 1. The molecular formula is C26H31NO6. The smallest absolute Gasteiger partial charge is 0.311 e. The average molecular weight is 454 g/mol. The number of hydrogen-bond acceptors (Lipinski definition) is 7.